The van der Waals surface area contributed by atoms with Crippen LogP contribution < -0.4 is 5.32 Å². The first-order chi connectivity index (χ1) is 8.65. The molecule has 0 bridgehead atoms. The smallest absolute Gasteiger partial charge is 0.124 e. The second-order valence-corrected chi connectivity index (χ2v) is 5.74. The molecule has 0 aliphatic carbocycles. The monoisotopic (exact) mass is 371 g/mol. The summed E-state index contributed by atoms with van der Waals surface area (Å²) in [6.07, 6.45) is 0. The molecule has 0 spiro atoms. The second kappa shape index (κ2) is 6.45. The molecule has 0 amide bonds. The molecule has 1 N–H and O–H groups in total. The van der Waals surface area contributed by atoms with Crippen molar-refractivity contribution in [1.82, 2.24) is 5.32 Å². The van der Waals surface area contributed by atoms with E-state index in [9.17, 15) is 4.39 Å². The average molecular weight is 373 g/mol. The number of nitrogens with one attached hydrogen (secondary N) is 1. The minimum absolute atomic E-state index is 0.224. The Balaban J connectivity index is 1.90. The minimum Gasteiger partial charge on any atom is -0.309 e. The lowest BCUT2D eigenvalue weighted by Crippen LogP contribution is -2.13. The van der Waals surface area contributed by atoms with Crippen LogP contribution in [0.1, 0.15) is 11.1 Å². The van der Waals surface area contributed by atoms with Crippen molar-refractivity contribution in [3.05, 3.63) is 68.4 Å². The summed E-state index contributed by atoms with van der Waals surface area (Å²) in [6.45, 7) is 1.49. The Hall–Kier alpha value is -0.710. The van der Waals surface area contributed by atoms with Gasteiger partial charge in [0, 0.05) is 22.0 Å². The molecule has 0 fully saturated rings. The Morgan fingerprint density at radius 3 is 2.33 bits per heavy atom. The van der Waals surface area contributed by atoms with E-state index in [1.807, 2.05) is 12.1 Å². The van der Waals surface area contributed by atoms with E-state index in [-0.39, 0.29) is 5.82 Å². The topological polar surface area (TPSA) is 12.0 Å². The van der Waals surface area contributed by atoms with Crippen LogP contribution in [0.2, 0.25) is 0 Å². The van der Waals surface area contributed by atoms with Gasteiger partial charge in [0.05, 0.1) is 0 Å². The van der Waals surface area contributed by atoms with Crippen LogP contribution in [0.25, 0.3) is 0 Å². The molecule has 0 radical (unpaired) electrons. The summed E-state index contributed by atoms with van der Waals surface area (Å²) in [7, 11) is 0. The molecule has 18 heavy (non-hydrogen) atoms. The molecule has 1 nitrogen and oxygen atoms in total. The Morgan fingerprint density at radius 1 is 0.944 bits per heavy atom. The maximum absolute atomic E-state index is 12.9. The van der Waals surface area contributed by atoms with Gasteiger partial charge in [-0.15, -0.1) is 0 Å². The van der Waals surface area contributed by atoms with Crippen LogP contribution in [0.5, 0.6) is 0 Å². The lowest BCUT2D eigenvalue weighted by Gasteiger charge is -2.07. The highest BCUT2D eigenvalue weighted by Crippen LogP contribution is 2.18. The van der Waals surface area contributed by atoms with Crippen LogP contribution >= 0.6 is 31.9 Å². The maximum Gasteiger partial charge on any atom is 0.124 e. The molecule has 0 aliphatic rings. The molecule has 2 aromatic rings. The Morgan fingerprint density at radius 2 is 1.67 bits per heavy atom. The van der Waals surface area contributed by atoms with Crippen molar-refractivity contribution < 1.29 is 4.39 Å². The fourth-order valence-corrected chi connectivity index (χ4v) is 2.36. The molecular formula is C14H12Br2FN. The van der Waals surface area contributed by atoms with Gasteiger partial charge in [0.2, 0.25) is 0 Å². The molecule has 2 aromatic carbocycles. The summed E-state index contributed by atoms with van der Waals surface area (Å²) >= 11 is 6.76. The summed E-state index contributed by atoms with van der Waals surface area (Å²) in [5.74, 6) is -0.224. The largest absolute Gasteiger partial charge is 0.309 e. The van der Waals surface area contributed by atoms with Crippen molar-refractivity contribution in [3.8, 4) is 0 Å². The van der Waals surface area contributed by atoms with Crippen LogP contribution in [-0.4, -0.2) is 0 Å². The SMILES string of the molecule is Fc1ccc(CNCc2ccc(Br)cc2)c(Br)c1. The number of halogens is 3. The maximum atomic E-state index is 12.9. The molecule has 0 saturated carbocycles. The van der Waals surface area contributed by atoms with Gasteiger partial charge in [0.15, 0.2) is 0 Å². The Labute approximate surface area is 123 Å². The van der Waals surface area contributed by atoms with Crippen molar-refractivity contribution in [2.45, 2.75) is 13.1 Å². The van der Waals surface area contributed by atoms with Gasteiger partial charge in [0.1, 0.15) is 5.82 Å². The van der Waals surface area contributed by atoms with E-state index >= 15 is 0 Å². The predicted octanol–water partition coefficient (Wildman–Crippen LogP) is 4.64. The van der Waals surface area contributed by atoms with Gasteiger partial charge in [-0.3, -0.25) is 0 Å². The van der Waals surface area contributed by atoms with Gasteiger partial charge in [-0.2, -0.15) is 0 Å². The molecule has 0 unspecified atom stereocenters. The molecule has 0 atom stereocenters. The third kappa shape index (κ3) is 3.90. The van der Waals surface area contributed by atoms with Gasteiger partial charge in [0.25, 0.3) is 0 Å². The van der Waals surface area contributed by atoms with Crippen LogP contribution in [0.3, 0.4) is 0 Å². The molecule has 2 rings (SSSR count). The van der Waals surface area contributed by atoms with Crippen molar-refractivity contribution in [2.24, 2.45) is 0 Å². The van der Waals surface area contributed by atoms with Crippen molar-refractivity contribution in [2.75, 3.05) is 0 Å². The van der Waals surface area contributed by atoms with Crippen molar-refractivity contribution >= 4 is 31.9 Å². The normalized spacial score (nSPS) is 10.6. The molecule has 0 heterocycles. The van der Waals surface area contributed by atoms with E-state index in [0.29, 0.717) is 6.54 Å². The van der Waals surface area contributed by atoms with Gasteiger partial charge in [-0.1, -0.05) is 50.1 Å². The lowest BCUT2D eigenvalue weighted by atomic mass is 10.2. The third-order valence-corrected chi connectivity index (χ3v) is 3.84. The van der Waals surface area contributed by atoms with Crippen LogP contribution in [-0.2, 0) is 13.1 Å². The molecule has 4 heteroatoms. The first-order valence-corrected chi connectivity index (χ1v) is 7.13. The Kier molecular flexibility index (Phi) is 4.92. The quantitative estimate of drug-likeness (QED) is 0.824. The molecule has 0 saturated heterocycles. The highest BCUT2D eigenvalue weighted by molar-refractivity contribution is 9.10. The van der Waals surface area contributed by atoms with E-state index in [1.165, 1.54) is 17.7 Å². The zero-order chi connectivity index (χ0) is 13.0. The number of rotatable bonds is 4. The molecule has 94 valence electrons. The van der Waals surface area contributed by atoms with Gasteiger partial charge < -0.3 is 5.32 Å². The lowest BCUT2D eigenvalue weighted by molar-refractivity contribution is 0.623. The molecule has 0 aromatic heterocycles. The zero-order valence-electron chi connectivity index (χ0n) is 9.59. The van der Waals surface area contributed by atoms with Crippen molar-refractivity contribution in [3.63, 3.8) is 0 Å². The average Bonchev–Trinajstić information content (AvgIpc) is 2.34. The molecular weight excluding hydrogens is 361 g/mol. The fourth-order valence-electron chi connectivity index (χ4n) is 1.61. The van der Waals surface area contributed by atoms with Crippen LogP contribution in [0, 0.1) is 5.82 Å². The molecule has 0 aliphatic heterocycles. The third-order valence-electron chi connectivity index (χ3n) is 2.57. The van der Waals surface area contributed by atoms with E-state index < -0.39 is 0 Å². The summed E-state index contributed by atoms with van der Waals surface area (Å²) in [6, 6.07) is 12.9. The number of hydrogen-bond donors (Lipinski definition) is 1. The van der Waals surface area contributed by atoms with E-state index in [1.54, 1.807) is 6.07 Å². The fraction of sp³-hybridized carbons (Fsp3) is 0.143. The predicted molar refractivity (Wildman–Crippen MR) is 78.8 cm³/mol. The van der Waals surface area contributed by atoms with Gasteiger partial charge >= 0.3 is 0 Å². The summed E-state index contributed by atoms with van der Waals surface area (Å²) in [4.78, 5) is 0. The summed E-state index contributed by atoms with van der Waals surface area (Å²) < 4.78 is 14.8. The number of hydrogen-bond acceptors (Lipinski definition) is 1. The van der Waals surface area contributed by atoms with E-state index in [0.717, 1.165) is 21.1 Å². The standard InChI is InChI=1S/C14H12Br2FN/c15-12-4-1-10(2-5-12)8-18-9-11-3-6-13(17)7-14(11)16/h1-7,18H,8-9H2. The highest BCUT2D eigenvalue weighted by atomic mass is 79.9. The van der Waals surface area contributed by atoms with E-state index in [2.05, 4.69) is 49.3 Å². The van der Waals surface area contributed by atoms with Crippen LogP contribution in [0.4, 0.5) is 4.39 Å². The highest BCUT2D eigenvalue weighted by Gasteiger charge is 2.01. The Bertz CT molecular complexity index is 526. The first kappa shape index (κ1) is 13.7. The van der Waals surface area contributed by atoms with Crippen LogP contribution in [0.15, 0.2) is 51.4 Å². The zero-order valence-corrected chi connectivity index (χ0v) is 12.8. The number of benzene rings is 2. The second-order valence-electron chi connectivity index (χ2n) is 3.97. The van der Waals surface area contributed by atoms with Gasteiger partial charge in [-0.25, -0.2) is 4.39 Å². The van der Waals surface area contributed by atoms with Crippen molar-refractivity contribution in [1.29, 1.82) is 0 Å². The summed E-state index contributed by atoms with van der Waals surface area (Å²) in [5.41, 5.74) is 2.27. The van der Waals surface area contributed by atoms with Gasteiger partial charge in [-0.05, 0) is 35.4 Å². The summed E-state index contributed by atoms with van der Waals surface area (Å²) in [5, 5.41) is 3.33. The first-order valence-electron chi connectivity index (χ1n) is 5.54. The minimum atomic E-state index is -0.224. The van der Waals surface area contributed by atoms with E-state index in [4.69, 9.17) is 0 Å².